The molecule has 0 aromatic heterocycles. The minimum atomic E-state index is -0.440. The molecule has 3 unspecified atom stereocenters. The minimum absolute atomic E-state index is 0. The van der Waals surface area contributed by atoms with Crippen LogP contribution >= 0.6 is 28.3 Å². The lowest BCUT2D eigenvalue weighted by molar-refractivity contribution is -0.124. The zero-order valence-corrected chi connectivity index (χ0v) is 13.9. The summed E-state index contributed by atoms with van der Waals surface area (Å²) in [4.78, 5) is 12.0. The monoisotopic (exact) mass is 348 g/mol. The predicted octanol–water partition coefficient (Wildman–Crippen LogP) is 3.42. The molecule has 0 saturated carbocycles. The Kier molecular flexibility index (Phi) is 8.30. The molecule has 0 spiro atoms. The van der Waals surface area contributed by atoms with Crippen LogP contribution in [0.3, 0.4) is 0 Å². The van der Waals surface area contributed by atoms with Gasteiger partial charge in [0.1, 0.15) is 0 Å². The summed E-state index contributed by atoms with van der Waals surface area (Å²) in [5.74, 6) is 0.108. The molecular formula is C14H22BrClN2O. The van der Waals surface area contributed by atoms with Gasteiger partial charge in [0.05, 0.1) is 12.1 Å². The first-order chi connectivity index (χ1) is 8.45. The molecule has 0 bridgehead atoms. The molecule has 3 nitrogen and oxygen atoms in total. The smallest absolute Gasteiger partial charge is 0.237 e. The minimum Gasteiger partial charge on any atom is -0.348 e. The lowest BCUT2D eigenvalue weighted by Crippen LogP contribution is -2.45. The van der Waals surface area contributed by atoms with Gasteiger partial charge in [-0.25, -0.2) is 0 Å². The topological polar surface area (TPSA) is 55.1 Å². The highest BCUT2D eigenvalue weighted by molar-refractivity contribution is 9.10. The SMILES string of the molecule is CCC(C)C(N)C(=O)NC(C)c1cccc(Br)c1.Cl. The molecule has 3 N–H and O–H groups in total. The molecule has 0 aliphatic rings. The molecule has 3 atom stereocenters. The van der Waals surface area contributed by atoms with Crippen molar-refractivity contribution < 1.29 is 4.79 Å². The average molecular weight is 350 g/mol. The van der Waals surface area contributed by atoms with Crippen LogP contribution in [-0.4, -0.2) is 11.9 Å². The summed E-state index contributed by atoms with van der Waals surface area (Å²) in [5, 5.41) is 2.95. The molecule has 1 aromatic rings. The second kappa shape index (κ2) is 8.56. The van der Waals surface area contributed by atoms with Crippen molar-refractivity contribution in [2.24, 2.45) is 11.7 Å². The van der Waals surface area contributed by atoms with Gasteiger partial charge in [0, 0.05) is 4.47 Å². The maximum Gasteiger partial charge on any atom is 0.237 e. The van der Waals surface area contributed by atoms with E-state index in [4.69, 9.17) is 5.73 Å². The standard InChI is InChI=1S/C14H21BrN2O.ClH/c1-4-9(2)13(16)14(18)17-10(3)11-6-5-7-12(15)8-11;/h5-10,13H,4,16H2,1-3H3,(H,17,18);1H. The number of hydrogen-bond donors (Lipinski definition) is 2. The van der Waals surface area contributed by atoms with Crippen LogP contribution in [0, 0.1) is 5.92 Å². The Morgan fingerprint density at radius 2 is 2.05 bits per heavy atom. The molecule has 5 heteroatoms. The van der Waals surface area contributed by atoms with E-state index in [0.29, 0.717) is 0 Å². The van der Waals surface area contributed by atoms with Crippen molar-refractivity contribution in [1.29, 1.82) is 0 Å². The van der Waals surface area contributed by atoms with Gasteiger partial charge in [-0.3, -0.25) is 4.79 Å². The molecule has 1 rings (SSSR count). The van der Waals surface area contributed by atoms with Crippen molar-refractivity contribution in [3.8, 4) is 0 Å². The molecule has 1 aromatic carbocycles. The van der Waals surface area contributed by atoms with Crippen molar-refractivity contribution in [3.05, 3.63) is 34.3 Å². The van der Waals surface area contributed by atoms with E-state index in [1.807, 2.05) is 45.0 Å². The van der Waals surface area contributed by atoms with E-state index in [9.17, 15) is 4.79 Å². The average Bonchev–Trinajstić information content (AvgIpc) is 2.36. The summed E-state index contributed by atoms with van der Waals surface area (Å²) < 4.78 is 1.01. The molecule has 108 valence electrons. The highest BCUT2D eigenvalue weighted by Gasteiger charge is 2.21. The molecule has 0 aliphatic carbocycles. The van der Waals surface area contributed by atoms with Crippen molar-refractivity contribution >= 4 is 34.2 Å². The van der Waals surface area contributed by atoms with E-state index in [1.54, 1.807) is 0 Å². The Balaban J connectivity index is 0.00000324. The predicted molar refractivity (Wildman–Crippen MR) is 85.4 cm³/mol. The Morgan fingerprint density at radius 3 is 2.58 bits per heavy atom. The number of benzene rings is 1. The van der Waals surface area contributed by atoms with E-state index in [1.165, 1.54) is 0 Å². The Hall–Kier alpha value is -0.580. The second-order valence-corrected chi connectivity index (χ2v) is 5.61. The van der Waals surface area contributed by atoms with Gasteiger partial charge in [-0.1, -0.05) is 48.3 Å². The molecule has 1 amide bonds. The van der Waals surface area contributed by atoms with E-state index in [-0.39, 0.29) is 30.3 Å². The lowest BCUT2D eigenvalue weighted by Gasteiger charge is -2.21. The van der Waals surface area contributed by atoms with E-state index >= 15 is 0 Å². The van der Waals surface area contributed by atoms with Gasteiger partial charge in [0.15, 0.2) is 0 Å². The van der Waals surface area contributed by atoms with Gasteiger partial charge >= 0.3 is 0 Å². The fourth-order valence-corrected chi connectivity index (χ4v) is 2.10. The summed E-state index contributed by atoms with van der Waals surface area (Å²) in [5.41, 5.74) is 6.97. The fourth-order valence-electron chi connectivity index (χ4n) is 1.68. The van der Waals surface area contributed by atoms with Gasteiger partial charge in [-0.2, -0.15) is 0 Å². The number of nitrogens with one attached hydrogen (secondary N) is 1. The van der Waals surface area contributed by atoms with Gasteiger partial charge < -0.3 is 11.1 Å². The zero-order valence-electron chi connectivity index (χ0n) is 11.5. The first-order valence-electron chi connectivity index (χ1n) is 6.27. The third-order valence-electron chi connectivity index (χ3n) is 3.27. The van der Waals surface area contributed by atoms with Gasteiger partial charge in [-0.15, -0.1) is 12.4 Å². The largest absolute Gasteiger partial charge is 0.348 e. The number of nitrogens with two attached hydrogens (primary N) is 1. The molecular weight excluding hydrogens is 328 g/mol. The number of rotatable bonds is 5. The van der Waals surface area contributed by atoms with Crippen LogP contribution in [0.5, 0.6) is 0 Å². The summed E-state index contributed by atoms with van der Waals surface area (Å²) in [7, 11) is 0. The quantitative estimate of drug-likeness (QED) is 0.855. The molecule has 19 heavy (non-hydrogen) atoms. The lowest BCUT2D eigenvalue weighted by atomic mass is 9.98. The first kappa shape index (κ1) is 18.4. The van der Waals surface area contributed by atoms with E-state index < -0.39 is 6.04 Å². The molecule has 0 fully saturated rings. The number of carbonyl (C=O) groups excluding carboxylic acids is 1. The number of halogens is 2. The maximum atomic E-state index is 12.0. The number of carbonyl (C=O) groups is 1. The number of hydrogen-bond acceptors (Lipinski definition) is 2. The third-order valence-corrected chi connectivity index (χ3v) is 3.76. The van der Waals surface area contributed by atoms with Crippen molar-refractivity contribution in [3.63, 3.8) is 0 Å². The van der Waals surface area contributed by atoms with Crippen LogP contribution in [0.2, 0.25) is 0 Å². The summed E-state index contributed by atoms with van der Waals surface area (Å²) in [6.45, 7) is 5.99. The zero-order chi connectivity index (χ0) is 13.7. The van der Waals surface area contributed by atoms with Crippen LogP contribution in [0.25, 0.3) is 0 Å². The summed E-state index contributed by atoms with van der Waals surface area (Å²) in [6.07, 6.45) is 0.903. The second-order valence-electron chi connectivity index (χ2n) is 4.70. The van der Waals surface area contributed by atoms with Crippen LogP contribution in [0.15, 0.2) is 28.7 Å². The summed E-state index contributed by atoms with van der Waals surface area (Å²) in [6, 6.07) is 7.43. The summed E-state index contributed by atoms with van der Waals surface area (Å²) >= 11 is 3.42. The molecule has 0 saturated heterocycles. The van der Waals surface area contributed by atoms with Crippen LogP contribution in [0.4, 0.5) is 0 Å². The van der Waals surface area contributed by atoms with Gasteiger partial charge in [-0.05, 0) is 30.5 Å². The van der Waals surface area contributed by atoms with E-state index in [0.717, 1.165) is 16.5 Å². The Bertz CT molecular complexity index is 414. The highest BCUT2D eigenvalue weighted by atomic mass is 79.9. The number of amides is 1. The molecule has 0 radical (unpaired) electrons. The van der Waals surface area contributed by atoms with Crippen molar-refractivity contribution in [2.45, 2.75) is 39.3 Å². The van der Waals surface area contributed by atoms with E-state index in [2.05, 4.69) is 21.2 Å². The normalized spacial score (nSPS) is 15.0. The van der Waals surface area contributed by atoms with Crippen LogP contribution < -0.4 is 11.1 Å². The highest BCUT2D eigenvalue weighted by Crippen LogP contribution is 2.18. The van der Waals surface area contributed by atoms with Crippen molar-refractivity contribution in [2.75, 3.05) is 0 Å². The van der Waals surface area contributed by atoms with Gasteiger partial charge in [0.2, 0.25) is 5.91 Å². The molecule has 0 aliphatic heterocycles. The Morgan fingerprint density at radius 1 is 1.42 bits per heavy atom. The Labute approximate surface area is 129 Å². The maximum absolute atomic E-state index is 12.0. The third kappa shape index (κ3) is 5.51. The molecule has 0 heterocycles. The van der Waals surface area contributed by atoms with Crippen molar-refractivity contribution in [1.82, 2.24) is 5.32 Å². The van der Waals surface area contributed by atoms with Crippen LogP contribution in [-0.2, 0) is 4.79 Å². The van der Waals surface area contributed by atoms with Gasteiger partial charge in [0.25, 0.3) is 0 Å². The van der Waals surface area contributed by atoms with Crippen LogP contribution in [0.1, 0.15) is 38.8 Å². The fraction of sp³-hybridized carbons (Fsp3) is 0.500. The first-order valence-corrected chi connectivity index (χ1v) is 7.06.